The molecular formula is C19H19ClFN3O3. The van der Waals surface area contributed by atoms with Crippen molar-refractivity contribution in [2.24, 2.45) is 11.8 Å². The van der Waals surface area contributed by atoms with Gasteiger partial charge < -0.3 is 10.1 Å². The predicted molar refractivity (Wildman–Crippen MR) is 98.6 cm³/mol. The summed E-state index contributed by atoms with van der Waals surface area (Å²) in [5.41, 5.74) is 0.275. The third kappa shape index (κ3) is 2.59. The van der Waals surface area contributed by atoms with E-state index in [9.17, 15) is 14.0 Å². The van der Waals surface area contributed by atoms with Gasteiger partial charge in [-0.15, -0.1) is 0 Å². The van der Waals surface area contributed by atoms with Gasteiger partial charge in [-0.25, -0.2) is 9.07 Å². The Morgan fingerprint density at radius 2 is 1.96 bits per heavy atom. The van der Waals surface area contributed by atoms with E-state index in [0.29, 0.717) is 30.6 Å². The molecule has 0 spiro atoms. The van der Waals surface area contributed by atoms with Gasteiger partial charge in [0.2, 0.25) is 0 Å². The molecule has 27 heavy (non-hydrogen) atoms. The van der Waals surface area contributed by atoms with Crippen molar-refractivity contribution in [1.29, 1.82) is 0 Å². The van der Waals surface area contributed by atoms with Crippen LogP contribution in [-0.2, 0) is 17.9 Å². The first kappa shape index (κ1) is 16.9. The second-order valence-corrected chi connectivity index (χ2v) is 8.00. The van der Waals surface area contributed by atoms with E-state index in [1.54, 1.807) is 16.3 Å². The molecule has 2 aromatic rings. The van der Waals surface area contributed by atoms with Crippen LogP contribution in [0, 0.1) is 17.7 Å². The molecule has 3 aliphatic rings. The highest BCUT2D eigenvalue weighted by Gasteiger charge is 2.36. The molecule has 1 aromatic carbocycles. The predicted octanol–water partition coefficient (Wildman–Crippen LogP) is 3.26. The van der Waals surface area contributed by atoms with E-state index < -0.39 is 11.9 Å². The van der Waals surface area contributed by atoms with E-state index >= 15 is 0 Å². The molecule has 0 radical (unpaired) electrons. The lowest BCUT2D eigenvalue weighted by Crippen LogP contribution is -2.34. The first-order chi connectivity index (χ1) is 12.9. The summed E-state index contributed by atoms with van der Waals surface area (Å²) in [6.07, 6.45) is 2.72. The molecule has 3 heterocycles. The molecule has 5 rings (SSSR count). The Hall–Kier alpha value is -2.28. The monoisotopic (exact) mass is 391 g/mol. The minimum atomic E-state index is -0.696. The number of anilines is 1. The Kier molecular flexibility index (Phi) is 3.66. The zero-order chi connectivity index (χ0) is 18.9. The summed E-state index contributed by atoms with van der Waals surface area (Å²) < 4.78 is 23.6. The molecule has 1 N–H and O–H groups in total. The van der Waals surface area contributed by atoms with E-state index in [1.165, 1.54) is 25.0 Å². The largest absolute Gasteiger partial charge is 0.479 e. The van der Waals surface area contributed by atoms with Gasteiger partial charge in [-0.1, -0.05) is 11.6 Å². The fourth-order valence-corrected chi connectivity index (χ4v) is 4.52. The Morgan fingerprint density at radius 1 is 1.19 bits per heavy atom. The molecule has 2 aliphatic heterocycles. The van der Waals surface area contributed by atoms with Crippen LogP contribution in [0.15, 0.2) is 16.9 Å². The Bertz CT molecular complexity index is 1020. The lowest BCUT2D eigenvalue weighted by molar-refractivity contribution is -0.122. The molecule has 6 nitrogen and oxygen atoms in total. The number of carbonyl (C=O) groups excluding carboxylic acids is 1. The number of nitrogens with zero attached hydrogens (tertiary/aromatic N) is 2. The van der Waals surface area contributed by atoms with E-state index in [2.05, 4.69) is 5.32 Å². The summed E-state index contributed by atoms with van der Waals surface area (Å²) in [7, 11) is 0. The van der Waals surface area contributed by atoms with Gasteiger partial charge in [-0.05, 0) is 44.1 Å². The molecule has 2 atom stereocenters. The summed E-state index contributed by atoms with van der Waals surface area (Å²) in [5.74, 6) is 0.510. The van der Waals surface area contributed by atoms with Crippen molar-refractivity contribution in [2.75, 3.05) is 5.32 Å². The van der Waals surface area contributed by atoms with Crippen LogP contribution in [0.5, 0.6) is 5.75 Å². The van der Waals surface area contributed by atoms with Crippen LogP contribution in [0.1, 0.15) is 26.2 Å². The lowest BCUT2D eigenvalue weighted by Gasteiger charge is -2.25. The number of nitrogens with one attached hydrogen (secondary N) is 1. The highest BCUT2D eigenvalue weighted by Crippen LogP contribution is 2.42. The molecule has 1 aromatic heterocycles. The van der Waals surface area contributed by atoms with Crippen LogP contribution in [0.4, 0.5) is 10.1 Å². The zero-order valence-electron chi connectivity index (χ0n) is 14.8. The number of hydrogen-bond acceptors (Lipinski definition) is 3. The van der Waals surface area contributed by atoms with Crippen LogP contribution in [0.25, 0.3) is 11.1 Å². The number of rotatable bonds is 2. The fourth-order valence-electron chi connectivity index (χ4n) is 4.16. The first-order valence-electron chi connectivity index (χ1n) is 9.24. The van der Waals surface area contributed by atoms with Crippen LogP contribution in [0.3, 0.4) is 0 Å². The number of benzene rings is 1. The zero-order valence-corrected chi connectivity index (χ0v) is 15.6. The smallest absolute Gasteiger partial charge is 0.276 e. The quantitative estimate of drug-likeness (QED) is 0.854. The number of halogens is 2. The maximum Gasteiger partial charge on any atom is 0.276 e. The number of amides is 1. The minimum absolute atomic E-state index is 0.0829. The summed E-state index contributed by atoms with van der Waals surface area (Å²) in [6.45, 7) is 2.86. The SMILES string of the molecule is CC1Oc2cc(F)c(-c3c(Cl)n4n(c3=O)CC(C3CC3)CC4)cc2NC1=O. The molecule has 0 saturated heterocycles. The Morgan fingerprint density at radius 3 is 2.70 bits per heavy atom. The summed E-state index contributed by atoms with van der Waals surface area (Å²) in [4.78, 5) is 24.9. The summed E-state index contributed by atoms with van der Waals surface area (Å²) >= 11 is 6.49. The van der Waals surface area contributed by atoms with Gasteiger partial charge >= 0.3 is 0 Å². The summed E-state index contributed by atoms with van der Waals surface area (Å²) in [5, 5.41) is 2.93. The normalized spacial score (nSPS) is 24.0. The number of ether oxygens (including phenoxy) is 1. The van der Waals surface area contributed by atoms with E-state index in [4.69, 9.17) is 16.3 Å². The van der Waals surface area contributed by atoms with Gasteiger partial charge in [0.1, 0.15) is 16.7 Å². The second kappa shape index (κ2) is 5.86. The fraction of sp³-hybridized carbons (Fsp3) is 0.474. The third-order valence-corrected chi connectivity index (χ3v) is 6.23. The van der Waals surface area contributed by atoms with Gasteiger partial charge in [-0.3, -0.25) is 14.3 Å². The van der Waals surface area contributed by atoms with Crippen molar-refractivity contribution >= 4 is 23.2 Å². The van der Waals surface area contributed by atoms with Crippen LogP contribution < -0.4 is 15.6 Å². The van der Waals surface area contributed by atoms with Gasteiger partial charge in [0.05, 0.1) is 11.3 Å². The van der Waals surface area contributed by atoms with Gasteiger partial charge in [-0.2, -0.15) is 0 Å². The molecule has 1 aliphatic carbocycles. The van der Waals surface area contributed by atoms with Crippen molar-refractivity contribution in [2.45, 2.75) is 45.4 Å². The van der Waals surface area contributed by atoms with E-state index in [0.717, 1.165) is 6.42 Å². The first-order valence-corrected chi connectivity index (χ1v) is 9.62. The number of fused-ring (bicyclic) bond motifs is 2. The van der Waals surface area contributed by atoms with Crippen LogP contribution in [-0.4, -0.2) is 21.4 Å². The van der Waals surface area contributed by atoms with Gasteiger partial charge in [0.25, 0.3) is 11.5 Å². The van der Waals surface area contributed by atoms with Crippen molar-refractivity contribution in [3.63, 3.8) is 0 Å². The molecular weight excluding hydrogens is 373 g/mol. The van der Waals surface area contributed by atoms with Crippen molar-refractivity contribution in [3.05, 3.63) is 33.5 Å². The van der Waals surface area contributed by atoms with Crippen LogP contribution in [0.2, 0.25) is 5.15 Å². The minimum Gasteiger partial charge on any atom is -0.479 e. The van der Waals surface area contributed by atoms with Crippen molar-refractivity contribution in [3.8, 4) is 16.9 Å². The highest BCUT2D eigenvalue weighted by molar-refractivity contribution is 6.32. The molecule has 0 bridgehead atoms. The van der Waals surface area contributed by atoms with E-state index in [1.807, 2.05) is 0 Å². The van der Waals surface area contributed by atoms with Gasteiger partial charge in [0, 0.05) is 24.7 Å². The maximum absolute atomic E-state index is 14.8. The molecule has 1 saturated carbocycles. The molecule has 142 valence electrons. The molecule has 8 heteroatoms. The third-order valence-electron chi connectivity index (χ3n) is 5.85. The number of hydrogen-bond donors (Lipinski definition) is 1. The maximum atomic E-state index is 14.8. The standard InChI is InChI=1S/C19H19ClFN3O3/c1-9-18(25)22-14-6-12(13(21)7-15(14)27-9)16-17(20)23-5-4-11(10-2-3-10)8-24(23)19(16)26/h6-7,9-11H,2-5,8H2,1H3,(H,22,25). The average molecular weight is 392 g/mol. The van der Waals surface area contributed by atoms with Crippen molar-refractivity contribution < 1.29 is 13.9 Å². The number of aromatic nitrogens is 2. The molecule has 2 unspecified atom stereocenters. The number of carbonyl (C=O) groups is 1. The highest BCUT2D eigenvalue weighted by atomic mass is 35.5. The van der Waals surface area contributed by atoms with Gasteiger partial charge in [0.15, 0.2) is 6.10 Å². The molecule has 1 amide bonds. The topological polar surface area (TPSA) is 65.3 Å². The Labute approximate surface area is 159 Å². The second-order valence-electron chi connectivity index (χ2n) is 7.64. The average Bonchev–Trinajstić information content (AvgIpc) is 3.45. The molecule has 1 fully saturated rings. The van der Waals surface area contributed by atoms with E-state index in [-0.39, 0.29) is 33.5 Å². The lowest BCUT2D eigenvalue weighted by atomic mass is 9.99. The van der Waals surface area contributed by atoms with Crippen LogP contribution >= 0.6 is 11.6 Å². The Balaban J connectivity index is 1.61. The van der Waals surface area contributed by atoms with Crippen molar-refractivity contribution in [1.82, 2.24) is 9.36 Å². The summed E-state index contributed by atoms with van der Waals surface area (Å²) in [6, 6.07) is 2.63.